The second-order valence-electron chi connectivity index (χ2n) is 7.72. The molecule has 26 heavy (non-hydrogen) atoms. The van der Waals surface area contributed by atoms with Crippen LogP contribution in [0, 0.1) is 6.92 Å². The molecule has 0 spiro atoms. The highest BCUT2D eigenvalue weighted by Gasteiger charge is 2.27. The van der Waals surface area contributed by atoms with Crippen molar-refractivity contribution in [3.63, 3.8) is 0 Å². The van der Waals surface area contributed by atoms with Crippen molar-refractivity contribution >= 4 is 0 Å². The van der Waals surface area contributed by atoms with Crippen molar-refractivity contribution in [1.29, 1.82) is 0 Å². The Kier molecular flexibility index (Phi) is 6.28. The molecule has 0 heteroatoms. The molecule has 0 aromatic heterocycles. The number of hydrogen-bond acceptors (Lipinski definition) is 0. The van der Waals surface area contributed by atoms with E-state index in [1.807, 2.05) is 6.07 Å². The van der Waals surface area contributed by atoms with E-state index in [-0.39, 0.29) is 0 Å². The van der Waals surface area contributed by atoms with Crippen molar-refractivity contribution in [3.8, 4) is 11.1 Å². The second-order valence-corrected chi connectivity index (χ2v) is 7.72. The summed E-state index contributed by atoms with van der Waals surface area (Å²) in [5.41, 5.74) is 5.88. The Morgan fingerprint density at radius 3 is 1.65 bits per heavy atom. The molecule has 1 aliphatic rings. The average molecular weight is 343 g/mol. The molecule has 0 aliphatic heterocycles. The standard InChI is InChI=1S/C13H18.C13H12/c1-13(10-6-3-7-11-13)12-8-4-2-5-9-12;1-11-7-9-13(10-8-11)12-5-3-2-4-6-12/h2,4-5,8-9H,3,6-7,10-11H2,1H3;2-10H,1H3. The molecular weight excluding hydrogens is 312 g/mol. The molecular formula is C26H30. The van der Waals surface area contributed by atoms with Gasteiger partial charge in [0.05, 0.1) is 0 Å². The Morgan fingerprint density at radius 2 is 1.08 bits per heavy atom. The molecule has 0 saturated heterocycles. The normalized spacial score (nSPS) is 15.6. The zero-order chi connectivity index (χ0) is 18.2. The Labute approximate surface area is 158 Å². The lowest BCUT2D eigenvalue weighted by molar-refractivity contribution is 0.319. The molecule has 3 aromatic carbocycles. The first-order valence-corrected chi connectivity index (χ1v) is 9.85. The first-order valence-electron chi connectivity index (χ1n) is 9.85. The van der Waals surface area contributed by atoms with Crippen LogP contribution in [-0.2, 0) is 5.41 Å². The van der Waals surface area contributed by atoms with E-state index in [1.165, 1.54) is 54.4 Å². The molecule has 0 bridgehead atoms. The number of aryl methyl sites for hydroxylation is 1. The predicted octanol–water partition coefficient (Wildman–Crippen LogP) is 7.57. The zero-order valence-corrected chi connectivity index (χ0v) is 16.1. The Bertz CT molecular complexity index is 763. The van der Waals surface area contributed by atoms with Gasteiger partial charge in [0.25, 0.3) is 0 Å². The Balaban J connectivity index is 0.000000151. The van der Waals surface area contributed by atoms with Crippen molar-refractivity contribution in [2.24, 2.45) is 0 Å². The number of rotatable bonds is 2. The lowest BCUT2D eigenvalue weighted by Crippen LogP contribution is -2.24. The summed E-state index contributed by atoms with van der Waals surface area (Å²) >= 11 is 0. The van der Waals surface area contributed by atoms with E-state index in [4.69, 9.17) is 0 Å². The third kappa shape index (κ3) is 4.85. The molecule has 3 aromatic rings. The molecule has 0 radical (unpaired) electrons. The number of benzene rings is 3. The lowest BCUT2D eigenvalue weighted by atomic mass is 9.71. The highest BCUT2D eigenvalue weighted by atomic mass is 14.3. The van der Waals surface area contributed by atoms with E-state index >= 15 is 0 Å². The third-order valence-electron chi connectivity index (χ3n) is 5.59. The van der Waals surface area contributed by atoms with Gasteiger partial charge in [0.1, 0.15) is 0 Å². The first kappa shape index (κ1) is 18.5. The molecule has 1 aliphatic carbocycles. The van der Waals surface area contributed by atoms with Crippen molar-refractivity contribution in [3.05, 3.63) is 96.1 Å². The second kappa shape index (κ2) is 8.85. The minimum absolute atomic E-state index is 0.472. The maximum Gasteiger partial charge on any atom is -0.00753 e. The molecule has 134 valence electrons. The molecule has 0 heterocycles. The fourth-order valence-electron chi connectivity index (χ4n) is 3.84. The quantitative estimate of drug-likeness (QED) is 0.450. The average Bonchev–Trinajstić information content (AvgIpc) is 2.71. The van der Waals surface area contributed by atoms with E-state index in [0.717, 1.165) is 0 Å². The highest BCUT2D eigenvalue weighted by Crippen LogP contribution is 2.38. The highest BCUT2D eigenvalue weighted by molar-refractivity contribution is 5.63. The van der Waals surface area contributed by atoms with E-state index in [0.29, 0.717) is 5.41 Å². The lowest BCUT2D eigenvalue weighted by Gasteiger charge is -2.34. The van der Waals surface area contributed by atoms with Gasteiger partial charge in [0.2, 0.25) is 0 Å². The van der Waals surface area contributed by atoms with Crippen LogP contribution in [0.4, 0.5) is 0 Å². The largest absolute Gasteiger partial charge is 0.0622 e. The van der Waals surface area contributed by atoms with Crippen LogP contribution in [0.3, 0.4) is 0 Å². The van der Waals surface area contributed by atoms with E-state index in [1.54, 1.807) is 0 Å². The fraction of sp³-hybridized carbons (Fsp3) is 0.308. The molecule has 1 saturated carbocycles. The summed E-state index contributed by atoms with van der Waals surface area (Å²) in [6.07, 6.45) is 6.99. The molecule has 4 rings (SSSR count). The summed E-state index contributed by atoms with van der Waals surface area (Å²) in [7, 11) is 0. The van der Waals surface area contributed by atoms with Crippen LogP contribution >= 0.6 is 0 Å². The molecule has 0 nitrogen and oxygen atoms in total. The molecule has 0 atom stereocenters. The monoisotopic (exact) mass is 342 g/mol. The van der Waals surface area contributed by atoms with Crippen LogP contribution in [0.25, 0.3) is 11.1 Å². The molecule has 0 unspecified atom stereocenters. The van der Waals surface area contributed by atoms with Gasteiger partial charge in [-0.3, -0.25) is 0 Å². The van der Waals surface area contributed by atoms with Crippen molar-refractivity contribution in [2.75, 3.05) is 0 Å². The van der Waals surface area contributed by atoms with Crippen LogP contribution in [-0.4, -0.2) is 0 Å². The van der Waals surface area contributed by atoms with E-state index in [9.17, 15) is 0 Å². The SMILES string of the molecule is CC1(c2ccccc2)CCCCC1.Cc1ccc(-c2ccccc2)cc1. The van der Waals surface area contributed by atoms with Crippen molar-refractivity contribution < 1.29 is 0 Å². The topological polar surface area (TPSA) is 0 Å². The first-order chi connectivity index (χ1) is 12.7. The molecule has 1 fully saturated rings. The van der Waals surface area contributed by atoms with Crippen LogP contribution in [0.2, 0.25) is 0 Å². The minimum Gasteiger partial charge on any atom is -0.0622 e. The molecule has 0 N–H and O–H groups in total. The van der Waals surface area contributed by atoms with Crippen LogP contribution in [0.15, 0.2) is 84.9 Å². The van der Waals surface area contributed by atoms with Gasteiger partial charge in [0.15, 0.2) is 0 Å². The van der Waals surface area contributed by atoms with Crippen LogP contribution in [0.5, 0.6) is 0 Å². The van der Waals surface area contributed by atoms with E-state index < -0.39 is 0 Å². The maximum atomic E-state index is 2.42. The van der Waals surface area contributed by atoms with Gasteiger partial charge in [-0.25, -0.2) is 0 Å². The van der Waals surface area contributed by atoms with Gasteiger partial charge in [-0.1, -0.05) is 117 Å². The smallest absolute Gasteiger partial charge is 0.00753 e. The maximum absolute atomic E-state index is 2.42. The van der Waals surface area contributed by atoms with Gasteiger partial charge in [-0.2, -0.15) is 0 Å². The summed E-state index contributed by atoms with van der Waals surface area (Å²) in [6, 6.07) is 30.0. The fourth-order valence-corrected chi connectivity index (χ4v) is 3.84. The van der Waals surface area contributed by atoms with Crippen LogP contribution in [0.1, 0.15) is 50.2 Å². The minimum atomic E-state index is 0.472. The zero-order valence-electron chi connectivity index (χ0n) is 16.1. The third-order valence-corrected chi connectivity index (χ3v) is 5.59. The van der Waals surface area contributed by atoms with Gasteiger partial charge in [-0.15, -0.1) is 0 Å². The number of hydrogen-bond donors (Lipinski definition) is 0. The summed E-state index contributed by atoms with van der Waals surface area (Å²) in [5.74, 6) is 0. The summed E-state index contributed by atoms with van der Waals surface area (Å²) in [5, 5.41) is 0. The Hall–Kier alpha value is -2.34. The van der Waals surface area contributed by atoms with Gasteiger partial charge in [-0.05, 0) is 41.9 Å². The summed E-state index contributed by atoms with van der Waals surface area (Å²) in [6.45, 7) is 4.52. The summed E-state index contributed by atoms with van der Waals surface area (Å²) < 4.78 is 0. The predicted molar refractivity (Wildman–Crippen MR) is 113 cm³/mol. The van der Waals surface area contributed by atoms with Gasteiger partial charge in [0, 0.05) is 0 Å². The van der Waals surface area contributed by atoms with Crippen molar-refractivity contribution in [2.45, 2.75) is 51.4 Å². The van der Waals surface area contributed by atoms with E-state index in [2.05, 4.69) is 92.7 Å². The van der Waals surface area contributed by atoms with Gasteiger partial charge >= 0.3 is 0 Å². The Morgan fingerprint density at radius 1 is 0.577 bits per heavy atom. The summed E-state index contributed by atoms with van der Waals surface area (Å²) in [4.78, 5) is 0. The van der Waals surface area contributed by atoms with Gasteiger partial charge < -0.3 is 0 Å². The molecule has 0 amide bonds. The van der Waals surface area contributed by atoms with Crippen molar-refractivity contribution in [1.82, 2.24) is 0 Å². The van der Waals surface area contributed by atoms with Crippen LogP contribution < -0.4 is 0 Å².